The fourth-order valence-corrected chi connectivity index (χ4v) is 2.50. The Kier molecular flexibility index (Phi) is 4.55. The van der Waals surface area contributed by atoms with Crippen LogP contribution in [0.5, 0.6) is 5.75 Å². The number of amides is 1. The lowest BCUT2D eigenvalue weighted by Crippen LogP contribution is -2.32. The molecule has 0 radical (unpaired) electrons. The summed E-state index contributed by atoms with van der Waals surface area (Å²) in [7, 11) is 1.35. The Labute approximate surface area is 117 Å². The Morgan fingerprint density at radius 2 is 1.90 bits per heavy atom. The number of carbonyl (C=O) groups excluding carboxylic acids is 1. The Hall–Kier alpha value is -2.11. The van der Waals surface area contributed by atoms with Crippen LogP contribution in [0.25, 0.3) is 0 Å². The van der Waals surface area contributed by atoms with Crippen LogP contribution in [0, 0.1) is 10.1 Å². The summed E-state index contributed by atoms with van der Waals surface area (Å²) in [5.74, 6) is -0.140. The summed E-state index contributed by atoms with van der Waals surface area (Å²) in [6, 6.07) is 4.45. The van der Waals surface area contributed by atoms with E-state index < -0.39 is 4.92 Å². The maximum Gasteiger partial charge on any atom is 0.311 e. The highest BCUT2D eigenvalue weighted by Crippen LogP contribution is 2.31. The monoisotopic (exact) mass is 278 g/mol. The van der Waals surface area contributed by atoms with Crippen molar-refractivity contribution in [2.75, 3.05) is 20.2 Å². The Bertz CT molecular complexity index is 508. The SMILES string of the molecule is COc1c(C(=O)N2CCCCCC2)cccc1[N+](=O)[O-]. The lowest BCUT2D eigenvalue weighted by atomic mass is 10.1. The molecule has 1 aromatic carbocycles. The smallest absolute Gasteiger partial charge is 0.311 e. The quantitative estimate of drug-likeness (QED) is 0.629. The average molecular weight is 278 g/mol. The van der Waals surface area contributed by atoms with Crippen molar-refractivity contribution in [2.45, 2.75) is 25.7 Å². The highest BCUT2D eigenvalue weighted by Gasteiger charge is 2.26. The van der Waals surface area contributed by atoms with Crippen molar-refractivity contribution in [2.24, 2.45) is 0 Å². The molecule has 0 aromatic heterocycles. The number of hydrogen-bond acceptors (Lipinski definition) is 4. The van der Waals surface area contributed by atoms with Gasteiger partial charge < -0.3 is 9.64 Å². The number of hydrogen-bond donors (Lipinski definition) is 0. The number of methoxy groups -OCH3 is 1. The largest absolute Gasteiger partial charge is 0.490 e. The second kappa shape index (κ2) is 6.36. The van der Waals surface area contributed by atoms with Crippen LogP contribution in [0.4, 0.5) is 5.69 Å². The van der Waals surface area contributed by atoms with Gasteiger partial charge in [-0.3, -0.25) is 14.9 Å². The first-order valence-electron chi connectivity index (χ1n) is 6.76. The summed E-state index contributed by atoms with van der Waals surface area (Å²) < 4.78 is 5.09. The van der Waals surface area contributed by atoms with Crippen LogP contribution < -0.4 is 4.74 Å². The molecule has 0 spiro atoms. The number of rotatable bonds is 3. The van der Waals surface area contributed by atoms with Crippen molar-refractivity contribution >= 4 is 11.6 Å². The Balaban J connectivity index is 2.33. The standard InChI is InChI=1S/C14H18N2O4/c1-20-13-11(7-6-8-12(13)16(18)19)14(17)15-9-4-2-3-5-10-15/h6-8H,2-5,9-10H2,1H3. The van der Waals surface area contributed by atoms with E-state index in [0.717, 1.165) is 25.7 Å². The van der Waals surface area contributed by atoms with Crippen LogP contribution in [0.1, 0.15) is 36.0 Å². The molecule has 6 nitrogen and oxygen atoms in total. The van der Waals surface area contributed by atoms with Crippen LogP contribution in [-0.4, -0.2) is 35.9 Å². The van der Waals surface area contributed by atoms with Crippen LogP contribution >= 0.6 is 0 Å². The van der Waals surface area contributed by atoms with Gasteiger partial charge in [-0.2, -0.15) is 0 Å². The highest BCUT2D eigenvalue weighted by atomic mass is 16.6. The molecule has 0 saturated carbocycles. The number of nitrogens with zero attached hydrogens (tertiary/aromatic N) is 2. The van der Waals surface area contributed by atoms with Gasteiger partial charge >= 0.3 is 5.69 Å². The predicted octanol–water partition coefficient (Wildman–Crippen LogP) is 2.62. The molecule has 108 valence electrons. The maximum atomic E-state index is 12.5. The molecule has 1 heterocycles. The van der Waals surface area contributed by atoms with E-state index in [0.29, 0.717) is 13.1 Å². The molecule has 1 aliphatic rings. The number of para-hydroxylation sites is 1. The predicted molar refractivity (Wildman–Crippen MR) is 74.0 cm³/mol. The van der Waals surface area contributed by atoms with Gasteiger partial charge in [0.15, 0.2) is 0 Å². The number of benzene rings is 1. The van der Waals surface area contributed by atoms with E-state index in [-0.39, 0.29) is 22.9 Å². The first-order valence-corrected chi connectivity index (χ1v) is 6.76. The van der Waals surface area contributed by atoms with Gasteiger partial charge in [0.2, 0.25) is 5.75 Å². The average Bonchev–Trinajstić information content (AvgIpc) is 2.74. The molecule has 1 amide bonds. The van der Waals surface area contributed by atoms with Crippen LogP contribution in [-0.2, 0) is 0 Å². The van der Waals surface area contributed by atoms with Gasteiger partial charge in [0.05, 0.1) is 17.6 Å². The summed E-state index contributed by atoms with van der Waals surface area (Å²) in [4.78, 5) is 24.7. The fraction of sp³-hybridized carbons (Fsp3) is 0.500. The number of ether oxygens (including phenoxy) is 1. The molecule has 20 heavy (non-hydrogen) atoms. The molecule has 2 rings (SSSR count). The van der Waals surface area contributed by atoms with E-state index in [1.165, 1.54) is 19.2 Å². The summed E-state index contributed by atoms with van der Waals surface area (Å²) >= 11 is 0. The van der Waals surface area contributed by atoms with Gasteiger partial charge in [-0.05, 0) is 18.9 Å². The summed E-state index contributed by atoms with van der Waals surface area (Å²) in [5, 5.41) is 11.0. The molecule has 6 heteroatoms. The second-order valence-electron chi connectivity index (χ2n) is 4.82. The molecule has 1 saturated heterocycles. The van der Waals surface area contributed by atoms with Gasteiger partial charge in [-0.1, -0.05) is 18.9 Å². The van der Waals surface area contributed by atoms with Crippen molar-refractivity contribution in [1.29, 1.82) is 0 Å². The molecule has 0 unspecified atom stereocenters. The third-order valence-corrected chi connectivity index (χ3v) is 3.52. The third-order valence-electron chi connectivity index (χ3n) is 3.52. The van der Waals surface area contributed by atoms with Gasteiger partial charge in [-0.25, -0.2) is 0 Å². The lowest BCUT2D eigenvalue weighted by molar-refractivity contribution is -0.385. The molecular formula is C14H18N2O4. The zero-order chi connectivity index (χ0) is 14.5. The minimum absolute atomic E-state index is 0.0479. The Morgan fingerprint density at radius 1 is 1.25 bits per heavy atom. The van der Waals surface area contributed by atoms with Crippen molar-refractivity contribution in [1.82, 2.24) is 4.90 Å². The third kappa shape index (κ3) is 2.89. The number of likely N-dealkylation sites (tertiary alicyclic amines) is 1. The molecule has 0 N–H and O–H groups in total. The molecular weight excluding hydrogens is 260 g/mol. The van der Waals surface area contributed by atoms with Crippen molar-refractivity contribution in [3.8, 4) is 5.75 Å². The molecule has 1 fully saturated rings. The summed E-state index contributed by atoms with van der Waals surface area (Å²) in [6.45, 7) is 1.40. The van der Waals surface area contributed by atoms with E-state index in [1.54, 1.807) is 11.0 Å². The fourth-order valence-electron chi connectivity index (χ4n) is 2.50. The topological polar surface area (TPSA) is 72.7 Å². The zero-order valence-electron chi connectivity index (χ0n) is 11.5. The first-order chi connectivity index (χ1) is 9.65. The van der Waals surface area contributed by atoms with Crippen molar-refractivity contribution in [3.05, 3.63) is 33.9 Å². The molecule has 0 aliphatic carbocycles. The highest BCUT2D eigenvalue weighted by molar-refractivity contribution is 5.98. The van der Waals surface area contributed by atoms with E-state index >= 15 is 0 Å². The van der Waals surface area contributed by atoms with Gasteiger partial charge in [0.1, 0.15) is 0 Å². The van der Waals surface area contributed by atoms with Gasteiger partial charge in [-0.15, -0.1) is 0 Å². The minimum atomic E-state index is -0.530. The van der Waals surface area contributed by atoms with E-state index in [2.05, 4.69) is 0 Å². The van der Waals surface area contributed by atoms with Crippen molar-refractivity contribution in [3.63, 3.8) is 0 Å². The van der Waals surface area contributed by atoms with E-state index in [9.17, 15) is 14.9 Å². The number of nitro groups is 1. The summed E-state index contributed by atoms with van der Waals surface area (Å²) in [5.41, 5.74) is 0.0942. The van der Waals surface area contributed by atoms with Gasteiger partial charge in [0, 0.05) is 19.2 Å². The zero-order valence-corrected chi connectivity index (χ0v) is 11.5. The van der Waals surface area contributed by atoms with Crippen LogP contribution in [0.3, 0.4) is 0 Å². The molecule has 1 aromatic rings. The van der Waals surface area contributed by atoms with Crippen LogP contribution in [0.2, 0.25) is 0 Å². The first kappa shape index (κ1) is 14.3. The number of nitro benzene ring substituents is 1. The number of carbonyl (C=O) groups is 1. The van der Waals surface area contributed by atoms with Gasteiger partial charge in [0.25, 0.3) is 5.91 Å². The second-order valence-corrected chi connectivity index (χ2v) is 4.82. The molecule has 1 aliphatic heterocycles. The molecule has 0 bridgehead atoms. The van der Waals surface area contributed by atoms with E-state index in [1.807, 2.05) is 0 Å². The van der Waals surface area contributed by atoms with Crippen molar-refractivity contribution < 1.29 is 14.5 Å². The Morgan fingerprint density at radius 3 is 2.45 bits per heavy atom. The normalized spacial score (nSPS) is 15.6. The minimum Gasteiger partial charge on any atom is -0.490 e. The molecule has 0 atom stereocenters. The lowest BCUT2D eigenvalue weighted by Gasteiger charge is -2.21. The van der Waals surface area contributed by atoms with Crippen LogP contribution in [0.15, 0.2) is 18.2 Å². The summed E-state index contributed by atoms with van der Waals surface area (Å²) in [6.07, 6.45) is 4.19. The maximum absolute atomic E-state index is 12.5. The van der Waals surface area contributed by atoms with E-state index in [4.69, 9.17) is 4.74 Å².